The van der Waals surface area contributed by atoms with Gasteiger partial charge in [0.2, 0.25) is 0 Å². The highest BCUT2D eigenvalue weighted by atomic mass is 16.1. The first-order chi connectivity index (χ1) is 8.85. The normalized spacial score (nSPS) is 31.8. The van der Waals surface area contributed by atoms with E-state index in [1.165, 1.54) is 16.7 Å². The fraction of sp³-hybridized carbons (Fsp3) is 0.500. The Morgan fingerprint density at radius 1 is 1.21 bits per heavy atom. The Labute approximate surface area is 115 Å². The van der Waals surface area contributed by atoms with Crippen LogP contribution in [0.25, 0.3) is 0 Å². The van der Waals surface area contributed by atoms with Gasteiger partial charge >= 0.3 is 0 Å². The molecule has 2 atom stereocenters. The van der Waals surface area contributed by atoms with E-state index in [9.17, 15) is 4.79 Å². The molecular weight excluding hydrogens is 232 g/mol. The van der Waals surface area contributed by atoms with Gasteiger partial charge in [0.1, 0.15) is 0 Å². The molecule has 0 radical (unpaired) electrons. The predicted molar refractivity (Wildman–Crippen MR) is 78.3 cm³/mol. The van der Waals surface area contributed by atoms with E-state index in [1.54, 1.807) is 0 Å². The molecule has 2 aliphatic rings. The minimum Gasteiger partial charge on any atom is -0.294 e. The number of carbonyl (C=O) groups is 1. The van der Waals surface area contributed by atoms with Crippen LogP contribution in [0.4, 0.5) is 0 Å². The van der Waals surface area contributed by atoms with Crippen LogP contribution in [-0.4, -0.2) is 5.78 Å². The van der Waals surface area contributed by atoms with E-state index in [-0.39, 0.29) is 16.6 Å². The van der Waals surface area contributed by atoms with Crippen molar-refractivity contribution in [2.24, 2.45) is 11.3 Å². The Balaban J connectivity index is 2.22. The molecule has 0 fully saturated rings. The lowest BCUT2D eigenvalue weighted by atomic mass is 9.52. The molecular formula is C18H22O. The number of allylic oxidation sites excluding steroid dienone is 2. The van der Waals surface area contributed by atoms with Crippen LogP contribution in [0.1, 0.15) is 43.9 Å². The molecule has 1 heteroatoms. The van der Waals surface area contributed by atoms with Crippen LogP contribution in [0, 0.1) is 18.3 Å². The number of aryl methyl sites for hydroxylation is 2. The average Bonchev–Trinajstić information content (AvgIpc) is 2.35. The second-order valence-electron chi connectivity index (χ2n) is 6.95. The van der Waals surface area contributed by atoms with Crippen molar-refractivity contribution in [3.63, 3.8) is 0 Å². The summed E-state index contributed by atoms with van der Waals surface area (Å²) in [5.74, 6) is 0.692. The van der Waals surface area contributed by atoms with Gasteiger partial charge in [-0.1, -0.05) is 50.6 Å². The van der Waals surface area contributed by atoms with Gasteiger partial charge in [-0.2, -0.15) is 0 Å². The van der Waals surface area contributed by atoms with Gasteiger partial charge in [-0.25, -0.2) is 0 Å². The Bertz CT molecular complexity index is 579. The SMILES string of the molecule is Cc1ccc2c(c1)[C@]1(C)C=CC(=O)C(C)(C)C1CC2. The summed E-state index contributed by atoms with van der Waals surface area (Å²) in [6.07, 6.45) is 6.17. The predicted octanol–water partition coefficient (Wildman–Crippen LogP) is 3.98. The van der Waals surface area contributed by atoms with E-state index in [2.05, 4.69) is 52.0 Å². The van der Waals surface area contributed by atoms with Crippen LogP contribution in [0.3, 0.4) is 0 Å². The summed E-state index contributed by atoms with van der Waals surface area (Å²) in [4.78, 5) is 12.2. The Morgan fingerprint density at radius 2 is 1.95 bits per heavy atom. The Morgan fingerprint density at radius 3 is 2.68 bits per heavy atom. The topological polar surface area (TPSA) is 17.1 Å². The summed E-state index contributed by atoms with van der Waals surface area (Å²) < 4.78 is 0. The van der Waals surface area contributed by atoms with Crippen molar-refractivity contribution in [1.29, 1.82) is 0 Å². The molecule has 1 aromatic rings. The van der Waals surface area contributed by atoms with Crippen LogP contribution < -0.4 is 0 Å². The molecule has 100 valence electrons. The summed E-state index contributed by atoms with van der Waals surface area (Å²) in [5.41, 5.74) is 3.96. The quantitative estimate of drug-likeness (QED) is 0.684. The molecule has 0 aromatic heterocycles. The molecule has 0 saturated heterocycles. The van der Waals surface area contributed by atoms with Gasteiger partial charge in [0, 0.05) is 10.8 Å². The second kappa shape index (κ2) is 3.82. The fourth-order valence-corrected chi connectivity index (χ4v) is 4.15. The highest BCUT2D eigenvalue weighted by Crippen LogP contribution is 2.53. The first-order valence-electron chi connectivity index (χ1n) is 7.19. The van der Waals surface area contributed by atoms with E-state index in [0.29, 0.717) is 5.92 Å². The maximum Gasteiger partial charge on any atom is 0.161 e. The van der Waals surface area contributed by atoms with Crippen molar-refractivity contribution < 1.29 is 4.79 Å². The van der Waals surface area contributed by atoms with Gasteiger partial charge in [0.05, 0.1) is 0 Å². The van der Waals surface area contributed by atoms with Crippen LogP contribution in [0.2, 0.25) is 0 Å². The third-order valence-corrected chi connectivity index (χ3v) is 5.36. The maximum atomic E-state index is 12.2. The lowest BCUT2D eigenvalue weighted by Crippen LogP contribution is -2.49. The summed E-state index contributed by atoms with van der Waals surface area (Å²) in [5, 5.41) is 0. The summed E-state index contributed by atoms with van der Waals surface area (Å²) >= 11 is 0. The van der Waals surface area contributed by atoms with Gasteiger partial charge in [0.25, 0.3) is 0 Å². The Hall–Kier alpha value is -1.37. The highest BCUT2D eigenvalue weighted by Gasteiger charge is 2.51. The van der Waals surface area contributed by atoms with Crippen LogP contribution >= 0.6 is 0 Å². The lowest BCUT2D eigenvalue weighted by Gasteiger charge is -2.50. The van der Waals surface area contributed by atoms with Crippen molar-refractivity contribution in [3.05, 3.63) is 47.0 Å². The second-order valence-corrected chi connectivity index (χ2v) is 6.95. The molecule has 1 aromatic carbocycles. The molecule has 0 saturated carbocycles. The van der Waals surface area contributed by atoms with Crippen LogP contribution in [-0.2, 0) is 16.6 Å². The number of hydrogen-bond acceptors (Lipinski definition) is 1. The number of ketones is 1. The Kier molecular flexibility index (Phi) is 2.54. The molecule has 19 heavy (non-hydrogen) atoms. The number of fused-ring (bicyclic) bond motifs is 3. The molecule has 0 N–H and O–H groups in total. The number of carbonyl (C=O) groups excluding carboxylic acids is 1. The summed E-state index contributed by atoms with van der Waals surface area (Å²) in [6.45, 7) is 8.68. The van der Waals surface area contributed by atoms with Gasteiger partial charge in [-0.3, -0.25) is 4.79 Å². The number of benzene rings is 1. The molecule has 0 aliphatic heterocycles. The maximum absolute atomic E-state index is 12.2. The van der Waals surface area contributed by atoms with E-state index in [0.717, 1.165) is 12.8 Å². The van der Waals surface area contributed by atoms with Crippen molar-refractivity contribution in [3.8, 4) is 0 Å². The molecule has 0 heterocycles. The lowest BCUT2D eigenvalue weighted by molar-refractivity contribution is -0.127. The molecule has 0 spiro atoms. The minimum absolute atomic E-state index is 0.0109. The van der Waals surface area contributed by atoms with Crippen LogP contribution in [0.15, 0.2) is 30.4 Å². The van der Waals surface area contributed by atoms with Crippen molar-refractivity contribution in [1.82, 2.24) is 0 Å². The summed E-state index contributed by atoms with van der Waals surface area (Å²) in [6, 6.07) is 6.78. The standard InChI is InChI=1S/C18H22O/c1-12-5-6-13-7-8-15-17(2,3)16(19)9-10-18(15,4)14(13)11-12/h5-6,9-11,15H,7-8H2,1-4H3/t15?,18-/m0/s1. The average molecular weight is 254 g/mol. The van der Waals surface area contributed by atoms with Crippen molar-refractivity contribution >= 4 is 5.78 Å². The van der Waals surface area contributed by atoms with E-state index >= 15 is 0 Å². The largest absolute Gasteiger partial charge is 0.294 e. The minimum atomic E-state index is -0.245. The summed E-state index contributed by atoms with van der Waals surface area (Å²) in [7, 11) is 0. The molecule has 1 unspecified atom stereocenters. The fourth-order valence-electron chi connectivity index (χ4n) is 4.15. The van der Waals surface area contributed by atoms with Crippen molar-refractivity contribution in [2.75, 3.05) is 0 Å². The van der Waals surface area contributed by atoms with E-state index in [4.69, 9.17) is 0 Å². The molecule has 3 rings (SSSR count). The zero-order chi connectivity index (χ0) is 13.8. The molecule has 0 bridgehead atoms. The van der Waals surface area contributed by atoms with Gasteiger partial charge < -0.3 is 0 Å². The number of hydrogen-bond donors (Lipinski definition) is 0. The molecule has 0 amide bonds. The van der Waals surface area contributed by atoms with E-state index in [1.807, 2.05) is 6.08 Å². The first kappa shape index (κ1) is 12.7. The third-order valence-electron chi connectivity index (χ3n) is 5.36. The molecule has 2 aliphatic carbocycles. The highest BCUT2D eigenvalue weighted by molar-refractivity contribution is 5.96. The van der Waals surface area contributed by atoms with Gasteiger partial charge in [0.15, 0.2) is 5.78 Å². The first-order valence-corrected chi connectivity index (χ1v) is 7.19. The van der Waals surface area contributed by atoms with E-state index < -0.39 is 0 Å². The van der Waals surface area contributed by atoms with Gasteiger partial charge in [-0.15, -0.1) is 0 Å². The zero-order valence-electron chi connectivity index (χ0n) is 12.3. The van der Waals surface area contributed by atoms with Crippen LogP contribution in [0.5, 0.6) is 0 Å². The van der Waals surface area contributed by atoms with Gasteiger partial charge in [-0.05, 0) is 42.9 Å². The van der Waals surface area contributed by atoms with Crippen molar-refractivity contribution in [2.45, 2.75) is 46.0 Å². The smallest absolute Gasteiger partial charge is 0.161 e. The third kappa shape index (κ3) is 1.64. The molecule has 1 nitrogen and oxygen atoms in total. The number of rotatable bonds is 0. The zero-order valence-corrected chi connectivity index (χ0v) is 12.3. The monoisotopic (exact) mass is 254 g/mol.